The third kappa shape index (κ3) is 4.90. The van der Waals surface area contributed by atoms with E-state index in [-0.39, 0.29) is 18.0 Å². The van der Waals surface area contributed by atoms with Crippen molar-refractivity contribution in [2.45, 2.75) is 38.0 Å². The predicted molar refractivity (Wildman–Crippen MR) is 108 cm³/mol. The number of rotatable bonds is 5. The van der Waals surface area contributed by atoms with Crippen LogP contribution in [-0.2, 0) is 15.8 Å². The summed E-state index contributed by atoms with van der Waals surface area (Å²) in [6, 6.07) is 8.59. The van der Waals surface area contributed by atoms with Gasteiger partial charge in [0.05, 0.1) is 11.0 Å². The summed E-state index contributed by atoms with van der Waals surface area (Å²) in [5.41, 5.74) is -2.82. The third-order valence-electron chi connectivity index (χ3n) is 4.87. The van der Waals surface area contributed by atoms with Crippen LogP contribution in [0, 0.1) is 10.1 Å². The summed E-state index contributed by atoms with van der Waals surface area (Å²) in [7, 11) is 0. The van der Waals surface area contributed by atoms with E-state index in [9.17, 15) is 32.9 Å². The lowest BCUT2D eigenvalue weighted by Crippen LogP contribution is -2.37. The number of halogens is 3. The lowest BCUT2D eigenvalue weighted by atomic mass is 9.91. The van der Waals surface area contributed by atoms with Crippen molar-refractivity contribution in [3.8, 4) is 0 Å². The zero-order chi connectivity index (χ0) is 23.7. The third-order valence-corrected chi connectivity index (χ3v) is 4.87. The van der Waals surface area contributed by atoms with E-state index in [1.54, 1.807) is 24.3 Å². The van der Waals surface area contributed by atoms with Crippen molar-refractivity contribution in [3.63, 3.8) is 0 Å². The number of nitrogens with zero attached hydrogens (tertiary/aromatic N) is 3. The van der Waals surface area contributed by atoms with Crippen molar-refractivity contribution in [2.75, 3.05) is 10.6 Å². The molecular formula is C20H18F3N5O4. The van der Waals surface area contributed by atoms with Gasteiger partial charge in [0, 0.05) is 30.8 Å². The van der Waals surface area contributed by atoms with E-state index >= 15 is 0 Å². The monoisotopic (exact) mass is 449 g/mol. The van der Waals surface area contributed by atoms with E-state index < -0.39 is 39.8 Å². The van der Waals surface area contributed by atoms with Crippen LogP contribution < -0.4 is 10.6 Å². The molecule has 0 bridgehead atoms. The van der Waals surface area contributed by atoms with Crippen molar-refractivity contribution < 1.29 is 27.7 Å². The smallest absolute Gasteiger partial charge is 0.326 e. The number of nitro groups is 1. The number of carbonyl (C=O) groups excluding carboxylic acids is 2. The van der Waals surface area contributed by atoms with E-state index in [0.717, 1.165) is 11.6 Å². The first-order chi connectivity index (χ1) is 14.9. The number of hydrogen-bond acceptors (Lipinski definition) is 6. The molecule has 2 aromatic carbocycles. The first-order valence-corrected chi connectivity index (χ1v) is 9.36. The summed E-state index contributed by atoms with van der Waals surface area (Å²) in [6.07, 6.45) is -4.80. The molecule has 9 nitrogen and oxygen atoms in total. The highest BCUT2D eigenvalue weighted by Gasteiger charge is 2.42. The van der Waals surface area contributed by atoms with E-state index in [1.807, 2.05) is 0 Å². The average molecular weight is 449 g/mol. The van der Waals surface area contributed by atoms with E-state index in [1.165, 1.54) is 13.8 Å². The van der Waals surface area contributed by atoms with Crippen LogP contribution in [0.2, 0.25) is 0 Å². The second-order valence-electron chi connectivity index (χ2n) is 7.45. The molecule has 2 unspecified atom stereocenters. The first-order valence-electron chi connectivity index (χ1n) is 9.36. The molecule has 1 heterocycles. The fourth-order valence-electron chi connectivity index (χ4n) is 3.24. The van der Waals surface area contributed by atoms with E-state index in [2.05, 4.69) is 20.9 Å². The Bertz CT molecular complexity index is 1100. The number of hydrogen-bond donors (Lipinski definition) is 2. The maximum Gasteiger partial charge on any atom is 0.423 e. The van der Waals surface area contributed by atoms with Crippen molar-refractivity contribution in [1.82, 2.24) is 0 Å². The zero-order valence-electron chi connectivity index (χ0n) is 16.9. The Hall–Kier alpha value is -3.83. The summed E-state index contributed by atoms with van der Waals surface area (Å²) in [4.78, 5) is 33.6. The summed E-state index contributed by atoms with van der Waals surface area (Å²) in [5.74, 6) is -0.914. The molecule has 0 saturated heterocycles. The van der Waals surface area contributed by atoms with E-state index in [4.69, 9.17) is 0 Å². The van der Waals surface area contributed by atoms with Crippen LogP contribution in [0.5, 0.6) is 0 Å². The number of carbonyl (C=O) groups is 2. The van der Waals surface area contributed by atoms with Gasteiger partial charge in [0.1, 0.15) is 5.56 Å². The van der Waals surface area contributed by atoms with Gasteiger partial charge in [0.15, 0.2) is 5.54 Å². The van der Waals surface area contributed by atoms with Crippen molar-refractivity contribution >= 4 is 28.9 Å². The molecule has 3 rings (SSSR count). The van der Waals surface area contributed by atoms with Gasteiger partial charge in [-0.1, -0.05) is 12.1 Å². The number of amides is 2. The summed E-state index contributed by atoms with van der Waals surface area (Å²) in [6.45, 7) is 2.87. The molecule has 0 aromatic heterocycles. The quantitative estimate of drug-likeness (QED) is 0.499. The van der Waals surface area contributed by atoms with Crippen LogP contribution in [-0.4, -0.2) is 22.3 Å². The minimum absolute atomic E-state index is 0.164. The van der Waals surface area contributed by atoms with Gasteiger partial charge in [-0.3, -0.25) is 19.7 Å². The summed E-state index contributed by atoms with van der Waals surface area (Å²) < 4.78 is 39.5. The molecule has 2 amide bonds. The number of nitrogens with one attached hydrogen (secondary N) is 2. The number of nitro benzene ring substituents is 1. The molecule has 2 N–H and O–H groups in total. The van der Waals surface area contributed by atoms with Gasteiger partial charge in [0.25, 0.3) is 11.6 Å². The minimum Gasteiger partial charge on any atom is -0.326 e. The summed E-state index contributed by atoms with van der Waals surface area (Å²) >= 11 is 0. The highest BCUT2D eigenvalue weighted by molar-refractivity contribution is 5.98. The Morgan fingerprint density at radius 1 is 1.12 bits per heavy atom. The Morgan fingerprint density at radius 3 is 2.31 bits per heavy atom. The van der Waals surface area contributed by atoms with Gasteiger partial charge in [-0.2, -0.15) is 23.4 Å². The molecule has 32 heavy (non-hydrogen) atoms. The van der Waals surface area contributed by atoms with Gasteiger partial charge in [0.2, 0.25) is 5.91 Å². The number of benzene rings is 2. The molecule has 0 aliphatic carbocycles. The van der Waals surface area contributed by atoms with Crippen LogP contribution in [0.25, 0.3) is 0 Å². The molecule has 1 aliphatic heterocycles. The second-order valence-corrected chi connectivity index (χ2v) is 7.45. The fraction of sp³-hybridized carbons (Fsp3) is 0.300. The Morgan fingerprint density at radius 2 is 1.75 bits per heavy atom. The number of azo groups is 1. The van der Waals surface area contributed by atoms with Gasteiger partial charge in [-0.15, -0.1) is 0 Å². The van der Waals surface area contributed by atoms with E-state index in [0.29, 0.717) is 17.8 Å². The largest absolute Gasteiger partial charge is 0.423 e. The molecular weight excluding hydrogens is 431 g/mol. The number of anilines is 2. The maximum atomic E-state index is 13.2. The van der Waals surface area contributed by atoms with Crippen LogP contribution in [0.3, 0.4) is 0 Å². The molecule has 2 aromatic rings. The molecule has 2 atom stereocenters. The normalized spacial score (nSPS) is 20.1. The van der Waals surface area contributed by atoms with Crippen LogP contribution >= 0.6 is 0 Å². The minimum atomic E-state index is -4.96. The highest BCUT2D eigenvalue weighted by Crippen LogP contribution is 2.40. The average Bonchev–Trinajstić information content (AvgIpc) is 3.11. The summed E-state index contributed by atoms with van der Waals surface area (Å²) in [5, 5.41) is 24.0. The van der Waals surface area contributed by atoms with Gasteiger partial charge in [-0.05, 0) is 36.8 Å². The standard InChI is InChI=1S/C20H18F3N5O4/c1-11(29)24-13-5-3-12(4-6-13)16-10-19(2,27-26-16)18(30)25-14-7-8-17(28(31)32)15(9-14)20(21,22)23/h3-9,16H,10H2,1-2H3,(H,24,29)(H,25,30). The maximum absolute atomic E-state index is 13.2. The van der Waals surface area contributed by atoms with Crippen molar-refractivity contribution in [3.05, 3.63) is 63.7 Å². The van der Waals surface area contributed by atoms with Gasteiger partial charge < -0.3 is 10.6 Å². The molecule has 0 saturated carbocycles. The molecule has 1 aliphatic rings. The number of alkyl halides is 3. The molecule has 0 spiro atoms. The zero-order valence-corrected chi connectivity index (χ0v) is 16.9. The molecule has 12 heteroatoms. The Kier molecular flexibility index (Phi) is 5.97. The Labute approximate surface area is 179 Å². The Balaban J connectivity index is 1.74. The molecule has 168 valence electrons. The second kappa shape index (κ2) is 8.36. The lowest BCUT2D eigenvalue weighted by molar-refractivity contribution is -0.388. The van der Waals surface area contributed by atoms with Gasteiger partial charge in [-0.25, -0.2) is 0 Å². The lowest BCUT2D eigenvalue weighted by Gasteiger charge is -2.20. The van der Waals surface area contributed by atoms with Gasteiger partial charge >= 0.3 is 6.18 Å². The molecule has 0 fully saturated rings. The fourth-order valence-corrected chi connectivity index (χ4v) is 3.24. The molecule has 0 radical (unpaired) electrons. The van der Waals surface area contributed by atoms with Crippen LogP contribution in [0.4, 0.5) is 30.2 Å². The topological polar surface area (TPSA) is 126 Å². The van der Waals surface area contributed by atoms with Crippen molar-refractivity contribution in [1.29, 1.82) is 0 Å². The SMILES string of the molecule is CC(=O)Nc1ccc(C2CC(C)(C(=O)Nc3ccc([N+](=O)[O-])c(C(F)(F)F)c3)N=N2)cc1. The highest BCUT2D eigenvalue weighted by atomic mass is 19.4. The first kappa shape index (κ1) is 22.8. The predicted octanol–water partition coefficient (Wildman–Crippen LogP) is 4.87. The van der Waals surface area contributed by atoms with Crippen LogP contribution in [0.1, 0.15) is 37.4 Å². The van der Waals surface area contributed by atoms with Crippen molar-refractivity contribution in [2.24, 2.45) is 10.2 Å². The van der Waals surface area contributed by atoms with Crippen LogP contribution in [0.15, 0.2) is 52.7 Å².